The van der Waals surface area contributed by atoms with Crippen LogP contribution in [0.3, 0.4) is 0 Å². The Morgan fingerprint density at radius 3 is 2.31 bits per heavy atom. The molecule has 0 radical (unpaired) electrons. The van der Waals surface area contributed by atoms with E-state index < -0.39 is 74.8 Å². The lowest BCUT2D eigenvalue weighted by Crippen LogP contribution is -2.42. The third-order valence-electron chi connectivity index (χ3n) is 6.08. The van der Waals surface area contributed by atoms with Gasteiger partial charge in [0.1, 0.15) is 18.2 Å². The van der Waals surface area contributed by atoms with Crippen molar-refractivity contribution in [1.82, 2.24) is 0 Å². The largest absolute Gasteiger partial charge is 0.489 e. The topological polar surface area (TPSA) is 83.9 Å². The molecule has 3 aromatic carbocycles. The first kappa shape index (κ1) is 28.2. The first-order valence-corrected chi connectivity index (χ1v) is 12.6. The summed E-state index contributed by atoms with van der Waals surface area (Å²) in [6.07, 6.45) is -9.86. The first-order valence-electron chi connectivity index (χ1n) is 11.1. The van der Waals surface area contributed by atoms with Crippen LogP contribution in [0.5, 0.6) is 5.75 Å². The van der Waals surface area contributed by atoms with Gasteiger partial charge in [0.25, 0.3) is 10.0 Å². The van der Waals surface area contributed by atoms with Crippen molar-refractivity contribution in [3.8, 4) is 5.75 Å². The maximum atomic E-state index is 14.2. The number of nitrogens with zero attached hydrogens (tertiary/aromatic N) is 1. The highest BCUT2D eigenvalue weighted by atomic mass is 32.2. The van der Waals surface area contributed by atoms with E-state index in [0.29, 0.717) is 22.5 Å². The number of sulfonamides is 1. The molecule has 1 heterocycles. The number of carboxylic acids is 1. The van der Waals surface area contributed by atoms with Crippen molar-refractivity contribution in [2.24, 2.45) is 5.92 Å². The molecule has 0 aliphatic carbocycles. The lowest BCUT2D eigenvalue weighted by Gasteiger charge is -2.34. The lowest BCUT2D eigenvalue weighted by molar-refractivity contribution is -0.141. The zero-order valence-electron chi connectivity index (χ0n) is 19.6. The van der Waals surface area contributed by atoms with E-state index in [0.717, 1.165) is 30.3 Å². The van der Waals surface area contributed by atoms with Crippen LogP contribution in [0.4, 0.5) is 36.4 Å². The molecule has 1 N–H and O–H groups in total. The Morgan fingerprint density at radius 1 is 0.974 bits per heavy atom. The number of carbonyl (C=O) groups is 1. The van der Waals surface area contributed by atoms with Crippen LogP contribution < -0.4 is 9.04 Å². The molecule has 0 saturated carbocycles. The predicted molar refractivity (Wildman–Crippen MR) is 123 cm³/mol. The van der Waals surface area contributed by atoms with Gasteiger partial charge in [0.05, 0.1) is 27.6 Å². The standard InChI is InChI=1S/C25H18F7NO5S/c26-21-6-2-5-20(25(30,31)32)19(21)13-38-17-8-7-14-9-15(23(34)35)12-33(22(14)11-17)39(36,37)18-4-1-3-16(10-18)24(27,28)29/h1-8,10-11,15H,9,12-13H2,(H,34,35). The summed E-state index contributed by atoms with van der Waals surface area (Å²) in [7, 11) is -4.74. The number of hydrogen-bond acceptors (Lipinski definition) is 4. The molecule has 0 aromatic heterocycles. The third-order valence-corrected chi connectivity index (χ3v) is 7.86. The Balaban J connectivity index is 1.73. The molecule has 0 fully saturated rings. The van der Waals surface area contributed by atoms with Gasteiger partial charge >= 0.3 is 18.3 Å². The van der Waals surface area contributed by atoms with Gasteiger partial charge in [0.15, 0.2) is 0 Å². The van der Waals surface area contributed by atoms with Crippen molar-refractivity contribution < 1.29 is 53.8 Å². The molecule has 1 unspecified atom stereocenters. The second-order valence-electron chi connectivity index (χ2n) is 8.64. The van der Waals surface area contributed by atoms with Gasteiger partial charge in [0, 0.05) is 18.2 Å². The Labute approximate surface area is 217 Å². The normalized spacial score (nSPS) is 16.1. The summed E-state index contributed by atoms with van der Waals surface area (Å²) in [6, 6.07) is 8.91. The molecule has 39 heavy (non-hydrogen) atoms. The van der Waals surface area contributed by atoms with E-state index in [1.165, 1.54) is 12.1 Å². The number of ether oxygens (including phenoxy) is 1. The third kappa shape index (κ3) is 5.79. The zero-order valence-corrected chi connectivity index (χ0v) is 20.4. The fourth-order valence-electron chi connectivity index (χ4n) is 4.15. The summed E-state index contributed by atoms with van der Waals surface area (Å²) in [4.78, 5) is 11.0. The average Bonchev–Trinajstić information content (AvgIpc) is 2.86. The number of aliphatic carboxylic acids is 1. The van der Waals surface area contributed by atoms with E-state index in [9.17, 15) is 49.1 Å². The predicted octanol–water partition coefficient (Wildman–Crippen LogP) is 5.89. The maximum absolute atomic E-state index is 14.2. The highest BCUT2D eigenvalue weighted by Gasteiger charge is 2.38. The number of rotatable bonds is 6. The van der Waals surface area contributed by atoms with Crippen LogP contribution in [0.15, 0.2) is 65.6 Å². The molecule has 1 atom stereocenters. The summed E-state index contributed by atoms with van der Waals surface area (Å²) >= 11 is 0. The number of hydrogen-bond donors (Lipinski definition) is 1. The number of alkyl halides is 6. The van der Waals surface area contributed by atoms with Crippen molar-refractivity contribution in [3.05, 3.63) is 88.7 Å². The molecule has 0 saturated heterocycles. The molecule has 208 valence electrons. The first-order chi connectivity index (χ1) is 18.1. The smallest absolute Gasteiger partial charge is 0.416 e. The minimum Gasteiger partial charge on any atom is -0.489 e. The molecule has 3 aromatic rings. The average molecular weight is 577 g/mol. The highest BCUT2D eigenvalue weighted by Crippen LogP contribution is 2.39. The number of benzene rings is 3. The fraction of sp³-hybridized carbons (Fsp3) is 0.240. The number of carboxylic acid groups (broad SMARTS) is 1. The number of fused-ring (bicyclic) bond motifs is 1. The summed E-state index contributed by atoms with van der Waals surface area (Å²) in [6.45, 7) is -1.51. The van der Waals surface area contributed by atoms with Crippen LogP contribution in [0.25, 0.3) is 0 Å². The van der Waals surface area contributed by atoms with E-state index in [1.807, 2.05) is 0 Å². The molecule has 0 amide bonds. The van der Waals surface area contributed by atoms with E-state index in [4.69, 9.17) is 4.74 Å². The fourth-order valence-corrected chi connectivity index (χ4v) is 5.73. The maximum Gasteiger partial charge on any atom is 0.416 e. The van der Waals surface area contributed by atoms with Crippen LogP contribution in [0.1, 0.15) is 22.3 Å². The summed E-state index contributed by atoms with van der Waals surface area (Å²) in [5.74, 6) is -3.94. The van der Waals surface area contributed by atoms with Gasteiger partial charge in [-0.3, -0.25) is 9.10 Å². The van der Waals surface area contributed by atoms with Gasteiger partial charge in [-0.15, -0.1) is 0 Å². The quantitative estimate of drug-likeness (QED) is 0.370. The SMILES string of the molecule is O=C(O)C1Cc2ccc(OCc3c(F)cccc3C(F)(F)F)cc2N(S(=O)(=O)c2cccc(C(F)(F)F)c2)C1. The Morgan fingerprint density at radius 2 is 1.67 bits per heavy atom. The van der Waals surface area contributed by atoms with Crippen LogP contribution in [0.2, 0.25) is 0 Å². The molecule has 1 aliphatic heterocycles. The minimum atomic E-state index is -4.88. The van der Waals surface area contributed by atoms with Crippen molar-refractivity contribution in [3.63, 3.8) is 0 Å². The minimum absolute atomic E-state index is 0.132. The molecular formula is C25H18F7NO5S. The second-order valence-corrected chi connectivity index (χ2v) is 10.5. The monoisotopic (exact) mass is 577 g/mol. The van der Waals surface area contributed by atoms with Crippen LogP contribution in [0, 0.1) is 11.7 Å². The highest BCUT2D eigenvalue weighted by molar-refractivity contribution is 7.92. The molecule has 1 aliphatic rings. The van der Waals surface area contributed by atoms with Gasteiger partial charge in [-0.05, 0) is 48.4 Å². The van der Waals surface area contributed by atoms with Gasteiger partial charge < -0.3 is 9.84 Å². The molecule has 0 bridgehead atoms. The van der Waals surface area contributed by atoms with Gasteiger partial charge in [-0.1, -0.05) is 18.2 Å². The van der Waals surface area contributed by atoms with E-state index in [-0.39, 0.29) is 23.4 Å². The molecule has 4 rings (SSSR count). The van der Waals surface area contributed by atoms with Crippen molar-refractivity contribution in [1.29, 1.82) is 0 Å². The van der Waals surface area contributed by atoms with Crippen LogP contribution >= 0.6 is 0 Å². The number of halogens is 7. The van der Waals surface area contributed by atoms with Crippen molar-refractivity contribution >= 4 is 21.7 Å². The summed E-state index contributed by atoms with van der Waals surface area (Å²) < 4.78 is 127. The number of anilines is 1. The lowest BCUT2D eigenvalue weighted by atomic mass is 9.94. The molecule has 14 heteroatoms. The van der Waals surface area contributed by atoms with Crippen molar-refractivity contribution in [2.45, 2.75) is 30.3 Å². The van der Waals surface area contributed by atoms with Gasteiger partial charge in [0.2, 0.25) is 0 Å². The van der Waals surface area contributed by atoms with E-state index in [1.54, 1.807) is 0 Å². The molecular weight excluding hydrogens is 559 g/mol. The second kappa shape index (κ2) is 10.1. The van der Waals surface area contributed by atoms with E-state index in [2.05, 4.69) is 0 Å². The van der Waals surface area contributed by atoms with E-state index >= 15 is 0 Å². The summed E-state index contributed by atoms with van der Waals surface area (Å²) in [5, 5.41) is 9.53. The van der Waals surface area contributed by atoms with Crippen LogP contribution in [-0.2, 0) is 40.2 Å². The van der Waals surface area contributed by atoms with Crippen LogP contribution in [-0.4, -0.2) is 26.0 Å². The molecule has 0 spiro atoms. The van der Waals surface area contributed by atoms with Crippen molar-refractivity contribution in [2.75, 3.05) is 10.8 Å². The Kier molecular flexibility index (Phi) is 7.27. The Bertz CT molecular complexity index is 1520. The van der Waals surface area contributed by atoms with Gasteiger partial charge in [-0.25, -0.2) is 12.8 Å². The molecule has 6 nitrogen and oxygen atoms in total. The summed E-state index contributed by atoms with van der Waals surface area (Å²) in [5.41, 5.74) is -3.23. The Hall–Kier alpha value is -3.81. The zero-order chi connectivity index (χ0) is 28.8. The van der Waals surface area contributed by atoms with Gasteiger partial charge in [-0.2, -0.15) is 26.3 Å².